The van der Waals surface area contributed by atoms with Gasteiger partial charge in [0, 0.05) is 23.7 Å². The third kappa shape index (κ3) is 1.85. The predicted octanol–water partition coefficient (Wildman–Crippen LogP) is 2.51. The van der Waals surface area contributed by atoms with Crippen molar-refractivity contribution in [3.63, 3.8) is 0 Å². The van der Waals surface area contributed by atoms with Crippen LogP contribution in [0.4, 0.5) is 0 Å². The minimum atomic E-state index is 0.597. The molecule has 3 nitrogen and oxygen atoms in total. The molecule has 0 saturated heterocycles. The van der Waals surface area contributed by atoms with E-state index in [2.05, 4.69) is 15.0 Å². The van der Waals surface area contributed by atoms with Crippen LogP contribution in [0.15, 0.2) is 30.6 Å². The third-order valence-electron chi connectivity index (χ3n) is 1.81. The highest BCUT2D eigenvalue weighted by Gasteiger charge is 1.99. The Hall–Kier alpha value is -1.55. The van der Waals surface area contributed by atoms with Gasteiger partial charge in [0.05, 0.1) is 0 Å². The minimum Gasteiger partial charge on any atom is -0.343 e. The maximum Gasteiger partial charge on any atom is 0.140 e. The lowest BCUT2D eigenvalue weighted by Gasteiger charge is -2.01. The Morgan fingerprint density at radius 2 is 2.29 bits per heavy atom. The number of hydrogen-bond donors (Lipinski definition) is 1. The van der Waals surface area contributed by atoms with Crippen molar-refractivity contribution in [1.29, 1.82) is 0 Å². The average Bonchev–Trinajstić information content (AvgIpc) is 2.18. The summed E-state index contributed by atoms with van der Waals surface area (Å²) in [7, 11) is 0. The summed E-state index contributed by atoms with van der Waals surface area (Å²) < 4.78 is 0.597. The molecule has 0 aliphatic carbocycles. The van der Waals surface area contributed by atoms with Gasteiger partial charge in [0.15, 0.2) is 0 Å². The normalized spacial score (nSPS) is 10.1. The number of aryl methyl sites for hydroxylation is 1. The summed E-state index contributed by atoms with van der Waals surface area (Å²) in [4.78, 5) is 11.4. The molecule has 2 heterocycles. The number of nitrogens with zero attached hydrogens (tertiary/aromatic N) is 2. The molecule has 0 aliphatic rings. The first-order chi connectivity index (χ1) is 6.75. The topological polar surface area (TPSA) is 41.6 Å². The number of H-pyrrole nitrogens is 1. The Labute approximate surface area is 86.9 Å². The van der Waals surface area contributed by atoms with Crippen LogP contribution in [0.3, 0.4) is 0 Å². The molecule has 1 N–H and O–H groups in total. The highest BCUT2D eigenvalue weighted by Crippen LogP contribution is 2.12. The first-order valence-electron chi connectivity index (χ1n) is 4.24. The lowest BCUT2D eigenvalue weighted by Crippen LogP contribution is -1.92. The molecule has 2 rings (SSSR count). The zero-order valence-corrected chi connectivity index (χ0v) is 8.51. The second kappa shape index (κ2) is 3.67. The molecule has 0 saturated carbocycles. The second-order valence-electron chi connectivity index (χ2n) is 2.99. The van der Waals surface area contributed by atoms with Crippen LogP contribution in [-0.2, 0) is 0 Å². The number of hydrogen-bond acceptors (Lipinski definition) is 3. The van der Waals surface area contributed by atoms with E-state index in [9.17, 15) is 0 Å². The number of nitrogens with one attached hydrogen (secondary N) is 1. The summed E-state index contributed by atoms with van der Waals surface area (Å²) >= 11 is 5.04. The molecule has 0 amide bonds. The Morgan fingerprint density at radius 1 is 1.43 bits per heavy atom. The van der Waals surface area contributed by atoms with E-state index >= 15 is 0 Å². The molecule has 70 valence electrons. The summed E-state index contributed by atoms with van der Waals surface area (Å²) in [6.07, 6.45) is 3.49. The van der Waals surface area contributed by atoms with Crippen LogP contribution in [0.5, 0.6) is 0 Å². The lowest BCUT2D eigenvalue weighted by atomic mass is 10.2. The molecule has 0 spiro atoms. The quantitative estimate of drug-likeness (QED) is 0.724. The molecule has 2 aromatic rings. The number of aromatic nitrogens is 3. The van der Waals surface area contributed by atoms with Crippen molar-refractivity contribution in [1.82, 2.24) is 15.0 Å². The SMILES string of the molecule is Cc1cc(=S)nc(-c2cccnc2)[nH]1. The summed E-state index contributed by atoms with van der Waals surface area (Å²) in [5.41, 5.74) is 1.95. The monoisotopic (exact) mass is 203 g/mol. The van der Waals surface area contributed by atoms with Crippen molar-refractivity contribution in [3.05, 3.63) is 40.9 Å². The molecule has 0 atom stereocenters. The Kier molecular flexibility index (Phi) is 2.37. The first-order valence-corrected chi connectivity index (χ1v) is 4.65. The van der Waals surface area contributed by atoms with Gasteiger partial charge in [-0.25, -0.2) is 4.98 Å². The maximum atomic E-state index is 5.04. The highest BCUT2D eigenvalue weighted by atomic mass is 32.1. The van der Waals surface area contributed by atoms with Crippen molar-refractivity contribution in [2.45, 2.75) is 6.92 Å². The number of pyridine rings is 1. The highest BCUT2D eigenvalue weighted by molar-refractivity contribution is 7.71. The average molecular weight is 203 g/mol. The van der Waals surface area contributed by atoms with Crippen molar-refractivity contribution in [3.8, 4) is 11.4 Å². The Morgan fingerprint density at radius 3 is 2.93 bits per heavy atom. The fourth-order valence-corrected chi connectivity index (χ4v) is 1.49. The molecule has 0 bridgehead atoms. The molecule has 0 aliphatic heterocycles. The summed E-state index contributed by atoms with van der Waals surface area (Å²) in [5, 5.41) is 0. The van der Waals surface area contributed by atoms with Gasteiger partial charge in [0.25, 0.3) is 0 Å². The van der Waals surface area contributed by atoms with Crippen LogP contribution in [0.25, 0.3) is 11.4 Å². The van der Waals surface area contributed by atoms with Crippen LogP contribution >= 0.6 is 12.2 Å². The zero-order chi connectivity index (χ0) is 9.97. The molecule has 4 heteroatoms. The van der Waals surface area contributed by atoms with Crippen molar-refractivity contribution in [2.24, 2.45) is 0 Å². The summed E-state index contributed by atoms with van der Waals surface area (Å²) in [6, 6.07) is 5.64. The van der Waals surface area contributed by atoms with Crippen LogP contribution in [0, 0.1) is 11.6 Å². The van der Waals surface area contributed by atoms with Gasteiger partial charge in [-0.05, 0) is 25.1 Å². The van der Waals surface area contributed by atoms with E-state index in [1.54, 1.807) is 12.4 Å². The van der Waals surface area contributed by atoms with Gasteiger partial charge < -0.3 is 4.98 Å². The van der Waals surface area contributed by atoms with Crippen LogP contribution in [0.1, 0.15) is 5.69 Å². The van der Waals surface area contributed by atoms with Crippen molar-refractivity contribution < 1.29 is 0 Å². The first kappa shape index (κ1) is 9.02. The largest absolute Gasteiger partial charge is 0.343 e. The Bertz CT molecular complexity index is 490. The number of rotatable bonds is 1. The van der Waals surface area contributed by atoms with Gasteiger partial charge in [-0.15, -0.1) is 0 Å². The van der Waals surface area contributed by atoms with Crippen molar-refractivity contribution in [2.75, 3.05) is 0 Å². The molecule has 14 heavy (non-hydrogen) atoms. The minimum absolute atomic E-state index is 0.597. The molecule has 0 aromatic carbocycles. The van der Waals surface area contributed by atoms with Crippen LogP contribution < -0.4 is 0 Å². The van der Waals surface area contributed by atoms with E-state index in [1.807, 2.05) is 25.1 Å². The molecule has 2 aromatic heterocycles. The molecule has 0 unspecified atom stereocenters. The third-order valence-corrected chi connectivity index (χ3v) is 2.02. The summed E-state index contributed by atoms with van der Waals surface area (Å²) in [5.74, 6) is 0.767. The number of aromatic amines is 1. The van der Waals surface area contributed by atoms with Crippen LogP contribution in [0.2, 0.25) is 0 Å². The fraction of sp³-hybridized carbons (Fsp3) is 0.100. The van der Waals surface area contributed by atoms with Gasteiger partial charge in [0.2, 0.25) is 0 Å². The van der Waals surface area contributed by atoms with Gasteiger partial charge in [-0.3, -0.25) is 4.98 Å². The van der Waals surface area contributed by atoms with E-state index in [0.29, 0.717) is 4.64 Å². The van der Waals surface area contributed by atoms with Gasteiger partial charge in [-0.2, -0.15) is 0 Å². The standard InChI is InChI=1S/C10H9N3S/c1-7-5-9(14)13-10(12-7)8-3-2-4-11-6-8/h2-6H,1H3,(H,12,13,14). The molecular weight excluding hydrogens is 194 g/mol. The molecular formula is C10H9N3S. The van der Waals surface area contributed by atoms with Crippen molar-refractivity contribution >= 4 is 12.2 Å². The smallest absolute Gasteiger partial charge is 0.140 e. The predicted molar refractivity (Wildman–Crippen MR) is 57.4 cm³/mol. The molecule has 0 radical (unpaired) electrons. The summed E-state index contributed by atoms with van der Waals surface area (Å²) in [6.45, 7) is 1.96. The van der Waals surface area contributed by atoms with E-state index in [0.717, 1.165) is 17.1 Å². The van der Waals surface area contributed by atoms with Gasteiger partial charge >= 0.3 is 0 Å². The maximum absolute atomic E-state index is 5.04. The Balaban J connectivity index is 2.58. The van der Waals surface area contributed by atoms with Gasteiger partial charge in [-0.1, -0.05) is 12.2 Å². The van der Waals surface area contributed by atoms with E-state index in [-0.39, 0.29) is 0 Å². The van der Waals surface area contributed by atoms with E-state index in [1.165, 1.54) is 0 Å². The zero-order valence-electron chi connectivity index (χ0n) is 7.69. The van der Waals surface area contributed by atoms with Crippen LogP contribution in [-0.4, -0.2) is 15.0 Å². The van der Waals surface area contributed by atoms with E-state index < -0.39 is 0 Å². The van der Waals surface area contributed by atoms with E-state index in [4.69, 9.17) is 12.2 Å². The lowest BCUT2D eigenvalue weighted by molar-refractivity contribution is 1.09. The second-order valence-corrected chi connectivity index (χ2v) is 3.41. The molecule has 0 fully saturated rings. The fourth-order valence-electron chi connectivity index (χ4n) is 1.22. The van der Waals surface area contributed by atoms with Gasteiger partial charge in [0.1, 0.15) is 10.5 Å².